The molecule has 0 saturated carbocycles. The minimum atomic E-state index is -0.800. The molecule has 1 aliphatic rings. The van der Waals surface area contributed by atoms with E-state index in [0.717, 1.165) is 5.56 Å². The summed E-state index contributed by atoms with van der Waals surface area (Å²) in [6.45, 7) is 0.246. The second-order valence-electron chi connectivity index (χ2n) is 7.01. The van der Waals surface area contributed by atoms with Crippen molar-refractivity contribution in [2.75, 3.05) is 6.54 Å². The van der Waals surface area contributed by atoms with Crippen molar-refractivity contribution >= 4 is 57.8 Å². The van der Waals surface area contributed by atoms with E-state index in [-0.39, 0.29) is 30.1 Å². The first kappa shape index (κ1) is 24.8. The minimum Gasteiger partial charge on any atom is -0.293 e. The summed E-state index contributed by atoms with van der Waals surface area (Å²) in [5, 5.41) is 11.0. The van der Waals surface area contributed by atoms with Crippen LogP contribution in [0.1, 0.15) is 28.8 Å². The number of hydrogen-bond acceptors (Lipinski definition) is 7. The fourth-order valence-electron chi connectivity index (χ4n) is 3.00. The van der Waals surface area contributed by atoms with Crippen LogP contribution in [0.15, 0.2) is 71.7 Å². The largest absolute Gasteiger partial charge is 0.293 e. The number of thiocarbonyl (C=S) groups is 1. The SMILES string of the molecule is O=C(CCCN1C(=O)C(=CC=Cc2ccccc2)SC1=S)NNC(=O)c1ccccc1[N+](=O)[O-]. The monoisotopic (exact) mass is 496 g/mol. The Morgan fingerprint density at radius 3 is 2.53 bits per heavy atom. The van der Waals surface area contributed by atoms with Gasteiger partial charge in [-0.3, -0.25) is 40.2 Å². The Balaban J connectivity index is 1.45. The molecule has 2 aromatic rings. The van der Waals surface area contributed by atoms with E-state index in [1.807, 2.05) is 36.4 Å². The number of carbonyl (C=O) groups excluding carboxylic acids is 3. The third kappa shape index (κ3) is 6.59. The van der Waals surface area contributed by atoms with Gasteiger partial charge in [-0.25, -0.2) is 0 Å². The summed E-state index contributed by atoms with van der Waals surface area (Å²) in [5.74, 6) is -1.53. The summed E-state index contributed by atoms with van der Waals surface area (Å²) in [4.78, 5) is 49.1. The third-order valence-electron chi connectivity index (χ3n) is 4.66. The van der Waals surface area contributed by atoms with Crippen LogP contribution in [0.25, 0.3) is 6.08 Å². The van der Waals surface area contributed by atoms with Gasteiger partial charge in [-0.05, 0) is 24.1 Å². The molecular formula is C23H20N4O5S2. The summed E-state index contributed by atoms with van der Waals surface area (Å²) in [6, 6.07) is 15.1. The average Bonchev–Trinajstić information content (AvgIpc) is 3.10. The number of amides is 3. The number of nitro groups is 1. The highest BCUT2D eigenvalue weighted by atomic mass is 32.2. The van der Waals surface area contributed by atoms with Crippen LogP contribution in [0.4, 0.5) is 5.69 Å². The van der Waals surface area contributed by atoms with Gasteiger partial charge in [0.1, 0.15) is 9.88 Å². The first-order valence-electron chi connectivity index (χ1n) is 10.2. The maximum Gasteiger partial charge on any atom is 0.282 e. The molecule has 0 spiro atoms. The van der Waals surface area contributed by atoms with Gasteiger partial charge in [-0.1, -0.05) is 78.6 Å². The standard InChI is InChI=1S/C23H20N4O5S2/c28-20(24-25-21(29)17-11-4-5-12-18(17)27(31)32)14-7-15-26-22(30)19(34-23(26)33)13-6-10-16-8-2-1-3-9-16/h1-6,8-13H,7,14-15H2,(H,24,28)(H,25,29). The van der Waals surface area contributed by atoms with Crippen LogP contribution in [0.3, 0.4) is 0 Å². The van der Waals surface area contributed by atoms with Gasteiger partial charge in [0.2, 0.25) is 5.91 Å². The molecule has 0 aliphatic carbocycles. The number of nitro benzene ring substituents is 1. The Bertz CT molecular complexity index is 1180. The highest BCUT2D eigenvalue weighted by Gasteiger charge is 2.31. The molecule has 1 aliphatic heterocycles. The van der Waals surface area contributed by atoms with Crippen LogP contribution in [0.5, 0.6) is 0 Å². The number of thioether (sulfide) groups is 1. The number of rotatable bonds is 8. The average molecular weight is 497 g/mol. The lowest BCUT2D eigenvalue weighted by Crippen LogP contribution is -2.42. The Kier molecular flexibility index (Phi) is 8.66. The lowest BCUT2D eigenvalue weighted by Gasteiger charge is -2.14. The number of nitrogens with zero attached hydrogens (tertiary/aromatic N) is 2. The molecule has 174 valence electrons. The molecular weight excluding hydrogens is 476 g/mol. The van der Waals surface area contributed by atoms with Crippen molar-refractivity contribution < 1.29 is 19.3 Å². The van der Waals surface area contributed by atoms with Crippen LogP contribution < -0.4 is 10.9 Å². The second-order valence-corrected chi connectivity index (χ2v) is 8.68. The van der Waals surface area contributed by atoms with Gasteiger partial charge in [0.05, 0.1) is 9.83 Å². The van der Waals surface area contributed by atoms with Crippen LogP contribution >= 0.6 is 24.0 Å². The first-order valence-corrected chi connectivity index (χ1v) is 11.4. The normalized spacial score (nSPS) is 14.6. The maximum absolute atomic E-state index is 12.6. The summed E-state index contributed by atoms with van der Waals surface area (Å²) in [6.07, 6.45) is 5.70. The van der Waals surface area contributed by atoms with E-state index in [4.69, 9.17) is 12.2 Å². The van der Waals surface area contributed by atoms with Gasteiger partial charge in [-0.15, -0.1) is 0 Å². The summed E-state index contributed by atoms with van der Waals surface area (Å²) in [7, 11) is 0. The highest BCUT2D eigenvalue weighted by molar-refractivity contribution is 8.26. The number of para-hydroxylation sites is 1. The predicted molar refractivity (Wildman–Crippen MR) is 133 cm³/mol. The smallest absolute Gasteiger partial charge is 0.282 e. The predicted octanol–water partition coefficient (Wildman–Crippen LogP) is 3.59. The molecule has 2 aromatic carbocycles. The van der Waals surface area contributed by atoms with Crippen molar-refractivity contribution in [2.45, 2.75) is 12.8 Å². The molecule has 0 atom stereocenters. The van der Waals surface area contributed by atoms with Gasteiger partial charge in [0.15, 0.2) is 0 Å². The molecule has 0 radical (unpaired) electrons. The van der Waals surface area contributed by atoms with E-state index in [9.17, 15) is 24.5 Å². The first-order chi connectivity index (χ1) is 16.4. The van der Waals surface area contributed by atoms with E-state index in [1.54, 1.807) is 12.2 Å². The Labute approximate surface area is 205 Å². The van der Waals surface area contributed by atoms with Crippen LogP contribution in [-0.4, -0.2) is 38.4 Å². The highest BCUT2D eigenvalue weighted by Crippen LogP contribution is 2.31. The van der Waals surface area contributed by atoms with Crippen molar-refractivity contribution in [3.63, 3.8) is 0 Å². The summed E-state index contributed by atoms with van der Waals surface area (Å²) < 4.78 is 0.412. The molecule has 3 amide bonds. The van der Waals surface area contributed by atoms with Gasteiger partial charge >= 0.3 is 0 Å². The molecule has 0 unspecified atom stereocenters. The number of hydrazine groups is 1. The van der Waals surface area contributed by atoms with Crippen molar-refractivity contribution in [3.05, 3.63) is 92.9 Å². The van der Waals surface area contributed by atoms with E-state index in [1.165, 1.54) is 40.9 Å². The van der Waals surface area contributed by atoms with E-state index >= 15 is 0 Å². The zero-order valence-electron chi connectivity index (χ0n) is 17.8. The Morgan fingerprint density at radius 1 is 1.09 bits per heavy atom. The molecule has 1 fully saturated rings. The molecule has 9 nitrogen and oxygen atoms in total. The number of allylic oxidation sites excluding steroid dienone is 2. The molecule has 3 rings (SSSR count). The fourth-order valence-corrected chi connectivity index (χ4v) is 4.26. The van der Waals surface area contributed by atoms with Crippen molar-refractivity contribution in [2.24, 2.45) is 0 Å². The quantitative estimate of drug-likeness (QED) is 0.248. The number of hydrogen-bond donors (Lipinski definition) is 2. The lowest BCUT2D eigenvalue weighted by molar-refractivity contribution is -0.385. The van der Waals surface area contributed by atoms with E-state index < -0.39 is 16.7 Å². The topological polar surface area (TPSA) is 122 Å². The number of nitrogens with one attached hydrogen (secondary N) is 2. The zero-order valence-corrected chi connectivity index (χ0v) is 19.4. The number of carbonyl (C=O) groups is 3. The van der Waals surface area contributed by atoms with Crippen molar-refractivity contribution in [3.8, 4) is 0 Å². The van der Waals surface area contributed by atoms with E-state index in [2.05, 4.69) is 10.9 Å². The van der Waals surface area contributed by atoms with Crippen LogP contribution in [0, 0.1) is 10.1 Å². The molecule has 0 bridgehead atoms. The van der Waals surface area contributed by atoms with Gasteiger partial charge < -0.3 is 0 Å². The van der Waals surface area contributed by atoms with Crippen molar-refractivity contribution in [1.82, 2.24) is 15.8 Å². The van der Waals surface area contributed by atoms with Crippen molar-refractivity contribution in [1.29, 1.82) is 0 Å². The fraction of sp³-hybridized carbons (Fsp3) is 0.130. The number of benzene rings is 2. The maximum atomic E-state index is 12.6. The molecule has 2 N–H and O–H groups in total. The third-order valence-corrected chi connectivity index (χ3v) is 6.05. The minimum absolute atomic E-state index is 0.0151. The Hall–Kier alpha value is -3.83. The summed E-state index contributed by atoms with van der Waals surface area (Å²) >= 11 is 6.48. The summed E-state index contributed by atoms with van der Waals surface area (Å²) in [5.41, 5.74) is 4.86. The second kappa shape index (κ2) is 11.9. The van der Waals surface area contributed by atoms with Crippen LogP contribution in [-0.2, 0) is 9.59 Å². The van der Waals surface area contributed by atoms with Crippen LogP contribution in [0.2, 0.25) is 0 Å². The van der Waals surface area contributed by atoms with Gasteiger partial charge in [0.25, 0.3) is 17.5 Å². The Morgan fingerprint density at radius 2 is 1.79 bits per heavy atom. The molecule has 1 heterocycles. The molecule has 34 heavy (non-hydrogen) atoms. The van der Waals surface area contributed by atoms with E-state index in [0.29, 0.717) is 15.6 Å². The molecule has 11 heteroatoms. The van der Waals surface area contributed by atoms with Gasteiger partial charge in [0, 0.05) is 19.0 Å². The molecule has 1 saturated heterocycles. The zero-order chi connectivity index (χ0) is 24.5. The van der Waals surface area contributed by atoms with Gasteiger partial charge in [-0.2, -0.15) is 0 Å². The lowest BCUT2D eigenvalue weighted by atomic mass is 10.2. The molecule has 0 aromatic heterocycles.